The minimum atomic E-state index is -0.267. The minimum Gasteiger partial charge on any atom is -0.397 e. The Kier molecular flexibility index (Phi) is 4.82. The third-order valence-corrected chi connectivity index (χ3v) is 5.03. The van der Waals surface area contributed by atoms with Gasteiger partial charge in [0.05, 0.1) is 35.5 Å². The number of nitrogens with one attached hydrogen (secondary N) is 1. The predicted octanol–water partition coefficient (Wildman–Crippen LogP) is 3.77. The smallest absolute Gasteiger partial charge is 0.328 e. The maximum absolute atomic E-state index is 12.7. The first-order valence-corrected chi connectivity index (χ1v) is 9.30. The number of carbonyl (C=O) groups excluding carboxylic acids is 1. The van der Waals surface area contributed by atoms with Crippen molar-refractivity contribution in [1.29, 1.82) is 0 Å². The molecule has 1 aromatic heterocycles. The monoisotopic (exact) mass is 397 g/mol. The van der Waals surface area contributed by atoms with E-state index in [1.807, 2.05) is 6.07 Å². The molecule has 148 valence electrons. The largest absolute Gasteiger partial charge is 0.397 e. The first-order chi connectivity index (χ1) is 14.5. The summed E-state index contributed by atoms with van der Waals surface area (Å²) >= 11 is 0. The Morgan fingerprint density at radius 2 is 1.80 bits per heavy atom. The summed E-state index contributed by atoms with van der Waals surface area (Å²) in [5.41, 5.74) is 9.82. The first kappa shape index (κ1) is 19.0. The van der Waals surface area contributed by atoms with Crippen molar-refractivity contribution in [2.24, 2.45) is 7.05 Å². The van der Waals surface area contributed by atoms with Gasteiger partial charge in [-0.2, -0.15) is 0 Å². The van der Waals surface area contributed by atoms with Gasteiger partial charge < -0.3 is 11.1 Å². The molecule has 7 nitrogen and oxygen atoms in total. The Hall–Kier alpha value is -4.31. The lowest BCUT2D eigenvalue weighted by atomic mass is 10.1. The topological polar surface area (TPSA) is 86.4 Å². The van der Waals surface area contributed by atoms with Gasteiger partial charge in [0.1, 0.15) is 0 Å². The van der Waals surface area contributed by atoms with Gasteiger partial charge in [-0.1, -0.05) is 36.4 Å². The molecule has 0 spiro atoms. The molecule has 7 heteroatoms. The Bertz CT molecular complexity index is 1360. The molecular weight excluding hydrogens is 378 g/mol. The molecule has 0 aliphatic heterocycles. The molecule has 0 aliphatic rings. The zero-order valence-electron chi connectivity index (χ0n) is 16.3. The van der Waals surface area contributed by atoms with Gasteiger partial charge >= 0.3 is 5.69 Å². The van der Waals surface area contributed by atoms with Crippen molar-refractivity contribution in [2.45, 2.75) is 6.54 Å². The van der Waals surface area contributed by atoms with Gasteiger partial charge in [0.2, 0.25) is 5.69 Å². The molecule has 4 aromatic rings. The molecule has 0 saturated carbocycles. The Morgan fingerprint density at radius 3 is 2.50 bits per heavy atom. The van der Waals surface area contributed by atoms with Crippen LogP contribution in [-0.4, -0.2) is 15.0 Å². The normalized spacial score (nSPS) is 10.7. The number of aryl methyl sites for hydroxylation is 1. The van der Waals surface area contributed by atoms with Crippen molar-refractivity contribution in [2.75, 3.05) is 11.1 Å². The van der Waals surface area contributed by atoms with E-state index < -0.39 is 0 Å². The summed E-state index contributed by atoms with van der Waals surface area (Å²) in [7, 11) is 1.69. The van der Waals surface area contributed by atoms with Gasteiger partial charge in [-0.3, -0.25) is 13.9 Å². The van der Waals surface area contributed by atoms with Crippen LogP contribution in [0, 0.1) is 6.57 Å². The van der Waals surface area contributed by atoms with E-state index in [1.165, 1.54) is 4.57 Å². The molecule has 1 amide bonds. The van der Waals surface area contributed by atoms with Crippen molar-refractivity contribution in [1.82, 2.24) is 9.13 Å². The van der Waals surface area contributed by atoms with Gasteiger partial charge in [0.15, 0.2) is 0 Å². The van der Waals surface area contributed by atoms with Gasteiger partial charge in [-0.15, -0.1) is 0 Å². The lowest BCUT2D eigenvalue weighted by Gasteiger charge is -2.09. The molecule has 0 aliphatic carbocycles. The molecule has 4 rings (SSSR count). The van der Waals surface area contributed by atoms with E-state index in [4.69, 9.17) is 12.3 Å². The second kappa shape index (κ2) is 7.60. The highest BCUT2D eigenvalue weighted by atomic mass is 16.2. The zero-order valence-corrected chi connectivity index (χ0v) is 16.3. The summed E-state index contributed by atoms with van der Waals surface area (Å²) in [5, 5.41) is 2.79. The maximum atomic E-state index is 12.7. The highest BCUT2D eigenvalue weighted by molar-refractivity contribution is 6.05. The van der Waals surface area contributed by atoms with Gasteiger partial charge in [0, 0.05) is 12.6 Å². The van der Waals surface area contributed by atoms with E-state index in [0.717, 1.165) is 5.56 Å². The number of amides is 1. The number of hydrogen-bond donors (Lipinski definition) is 2. The third kappa shape index (κ3) is 3.31. The molecule has 3 N–H and O–H groups in total. The van der Waals surface area contributed by atoms with Gasteiger partial charge in [-0.25, -0.2) is 9.64 Å². The van der Waals surface area contributed by atoms with Crippen LogP contribution >= 0.6 is 0 Å². The fourth-order valence-electron chi connectivity index (χ4n) is 3.43. The van der Waals surface area contributed by atoms with Gasteiger partial charge in [0.25, 0.3) is 5.91 Å². The van der Waals surface area contributed by atoms with Crippen molar-refractivity contribution < 1.29 is 4.79 Å². The molecular formula is C23H19N5O2. The van der Waals surface area contributed by atoms with Crippen LogP contribution in [0.4, 0.5) is 17.1 Å². The number of para-hydroxylation sites is 3. The van der Waals surface area contributed by atoms with Crippen LogP contribution in [-0.2, 0) is 13.6 Å². The second-order valence-electron chi connectivity index (χ2n) is 6.92. The number of imidazole rings is 1. The third-order valence-electron chi connectivity index (χ3n) is 5.03. The molecule has 30 heavy (non-hydrogen) atoms. The lowest BCUT2D eigenvalue weighted by Crippen LogP contribution is -2.22. The predicted molar refractivity (Wildman–Crippen MR) is 118 cm³/mol. The molecule has 0 saturated heterocycles. The van der Waals surface area contributed by atoms with E-state index in [2.05, 4.69) is 10.2 Å². The van der Waals surface area contributed by atoms with Crippen molar-refractivity contribution in [3.05, 3.63) is 99.8 Å². The summed E-state index contributed by atoms with van der Waals surface area (Å²) in [6.07, 6.45) is 0. The lowest BCUT2D eigenvalue weighted by molar-refractivity contribution is 0.102. The van der Waals surface area contributed by atoms with Crippen molar-refractivity contribution >= 4 is 34.0 Å². The quantitative estimate of drug-likeness (QED) is 0.406. The summed E-state index contributed by atoms with van der Waals surface area (Å²) in [6.45, 7) is 7.71. The number of nitrogen functional groups attached to an aromatic ring is 1. The number of anilines is 2. The Morgan fingerprint density at radius 1 is 1.07 bits per heavy atom. The van der Waals surface area contributed by atoms with Crippen LogP contribution < -0.4 is 16.7 Å². The SMILES string of the molecule is [C-]#[N+]c1cccc2c1n(Cc1ccc(C(=O)Nc3ccccc3N)cc1)c(=O)n2C. The zero-order chi connectivity index (χ0) is 21.3. The van der Waals surface area contributed by atoms with E-state index >= 15 is 0 Å². The first-order valence-electron chi connectivity index (χ1n) is 9.30. The standard InChI is InChI=1S/C23H19N5O2/c1-25-19-8-5-9-20-21(19)28(23(30)27(20)2)14-15-10-12-16(13-11-15)22(29)26-18-7-4-3-6-17(18)24/h3-13H,14,24H2,2H3,(H,26,29). The van der Waals surface area contributed by atoms with Crippen LogP contribution in [0.1, 0.15) is 15.9 Å². The van der Waals surface area contributed by atoms with Gasteiger partial charge in [-0.05, 0) is 35.9 Å². The highest BCUT2D eigenvalue weighted by Crippen LogP contribution is 2.25. The number of benzene rings is 3. The average Bonchev–Trinajstić information content (AvgIpc) is 3.01. The highest BCUT2D eigenvalue weighted by Gasteiger charge is 2.15. The van der Waals surface area contributed by atoms with E-state index in [-0.39, 0.29) is 11.6 Å². The van der Waals surface area contributed by atoms with Crippen LogP contribution in [0.15, 0.2) is 71.5 Å². The Labute approximate surface area is 172 Å². The summed E-state index contributed by atoms with van der Waals surface area (Å²) in [6, 6.07) is 19.4. The van der Waals surface area contributed by atoms with Crippen molar-refractivity contribution in [3.63, 3.8) is 0 Å². The molecule has 0 radical (unpaired) electrons. The summed E-state index contributed by atoms with van der Waals surface area (Å²) < 4.78 is 3.12. The molecule has 0 atom stereocenters. The molecule has 0 fully saturated rings. The molecule has 1 heterocycles. The van der Waals surface area contributed by atoms with Crippen LogP contribution in [0.25, 0.3) is 15.9 Å². The summed E-state index contributed by atoms with van der Waals surface area (Å²) in [5.74, 6) is -0.267. The number of rotatable bonds is 4. The molecule has 0 bridgehead atoms. The number of nitrogens with zero attached hydrogens (tertiary/aromatic N) is 3. The number of nitrogens with two attached hydrogens (primary N) is 1. The van der Waals surface area contributed by atoms with E-state index in [1.54, 1.807) is 72.3 Å². The number of aromatic nitrogens is 2. The maximum Gasteiger partial charge on any atom is 0.328 e. The molecule has 3 aromatic carbocycles. The number of fused-ring (bicyclic) bond motifs is 1. The average molecular weight is 397 g/mol. The van der Waals surface area contributed by atoms with Crippen molar-refractivity contribution in [3.8, 4) is 0 Å². The van der Waals surface area contributed by atoms with E-state index in [9.17, 15) is 9.59 Å². The number of hydrogen-bond acceptors (Lipinski definition) is 3. The van der Waals surface area contributed by atoms with Crippen LogP contribution in [0.2, 0.25) is 0 Å². The fraction of sp³-hybridized carbons (Fsp3) is 0.0870. The summed E-state index contributed by atoms with van der Waals surface area (Å²) in [4.78, 5) is 28.8. The van der Waals surface area contributed by atoms with E-state index in [0.29, 0.717) is 40.2 Å². The number of carbonyl (C=O) groups is 1. The van der Waals surface area contributed by atoms with Crippen LogP contribution in [0.3, 0.4) is 0 Å². The minimum absolute atomic E-state index is 0.192. The Balaban J connectivity index is 1.61. The molecule has 0 unspecified atom stereocenters. The fourth-order valence-corrected chi connectivity index (χ4v) is 3.43. The second-order valence-corrected chi connectivity index (χ2v) is 6.92. The van der Waals surface area contributed by atoms with Crippen LogP contribution in [0.5, 0.6) is 0 Å².